The number of sulfonamides is 1. The highest BCUT2D eigenvalue weighted by Crippen LogP contribution is 2.22. The van der Waals surface area contributed by atoms with Crippen LogP contribution in [0.5, 0.6) is 0 Å². The summed E-state index contributed by atoms with van der Waals surface area (Å²) in [6, 6.07) is 6.98. The lowest BCUT2D eigenvalue weighted by Crippen LogP contribution is -2.48. The van der Waals surface area contributed by atoms with E-state index in [1.54, 1.807) is 12.1 Å². The van der Waals surface area contributed by atoms with Gasteiger partial charge in [0.1, 0.15) is 0 Å². The van der Waals surface area contributed by atoms with E-state index in [0.717, 1.165) is 12.2 Å². The number of hydrogen-bond donors (Lipinski definition) is 1. The van der Waals surface area contributed by atoms with Gasteiger partial charge in [-0.25, -0.2) is 8.42 Å². The third kappa shape index (κ3) is 4.21. The molecule has 0 amide bonds. The Hall–Kier alpha value is -1.11. The maximum atomic E-state index is 12.7. The molecule has 0 bridgehead atoms. The standard InChI is InChI=1S/C16H26N2O3S/c1-12(2)9-17-15-5-7-16(8-6-15)22(19,20)18-10-13(3)21-14(4)11-18/h5-8,12-14,17H,9-11H2,1-4H3. The van der Waals surface area contributed by atoms with E-state index in [4.69, 9.17) is 4.74 Å². The van der Waals surface area contributed by atoms with Crippen molar-refractivity contribution in [3.8, 4) is 0 Å². The fourth-order valence-corrected chi connectivity index (χ4v) is 4.13. The van der Waals surface area contributed by atoms with Crippen LogP contribution in [0.1, 0.15) is 27.7 Å². The second-order valence-electron chi connectivity index (χ2n) is 6.38. The molecule has 2 unspecified atom stereocenters. The van der Waals surface area contributed by atoms with Gasteiger partial charge >= 0.3 is 0 Å². The second kappa shape index (κ2) is 6.98. The second-order valence-corrected chi connectivity index (χ2v) is 8.32. The molecule has 22 heavy (non-hydrogen) atoms. The monoisotopic (exact) mass is 326 g/mol. The van der Waals surface area contributed by atoms with Crippen molar-refractivity contribution >= 4 is 15.7 Å². The predicted molar refractivity (Wildman–Crippen MR) is 88.5 cm³/mol. The molecule has 1 saturated heterocycles. The molecule has 0 radical (unpaired) electrons. The van der Waals surface area contributed by atoms with Gasteiger partial charge in [-0.3, -0.25) is 0 Å². The molecule has 1 N–H and O–H groups in total. The van der Waals surface area contributed by atoms with Crippen molar-refractivity contribution in [2.45, 2.75) is 44.8 Å². The Morgan fingerprint density at radius 1 is 1.18 bits per heavy atom. The molecule has 1 aromatic rings. The largest absolute Gasteiger partial charge is 0.385 e. The lowest BCUT2D eigenvalue weighted by Gasteiger charge is -2.34. The van der Waals surface area contributed by atoms with Crippen LogP contribution in [0.3, 0.4) is 0 Å². The van der Waals surface area contributed by atoms with Crippen LogP contribution in [-0.4, -0.2) is 44.6 Å². The minimum absolute atomic E-state index is 0.0782. The molecule has 1 aromatic carbocycles. The maximum absolute atomic E-state index is 12.7. The average Bonchev–Trinajstić information content (AvgIpc) is 2.44. The Bertz CT molecular complexity index is 574. The van der Waals surface area contributed by atoms with Crippen LogP contribution in [0.2, 0.25) is 0 Å². The number of benzene rings is 1. The number of morpholine rings is 1. The molecule has 0 aromatic heterocycles. The third-order valence-corrected chi connectivity index (χ3v) is 5.44. The summed E-state index contributed by atoms with van der Waals surface area (Å²) >= 11 is 0. The van der Waals surface area contributed by atoms with Gasteiger partial charge in [0.15, 0.2) is 0 Å². The zero-order valence-corrected chi connectivity index (χ0v) is 14.6. The van der Waals surface area contributed by atoms with Crippen LogP contribution in [-0.2, 0) is 14.8 Å². The van der Waals surface area contributed by atoms with E-state index in [1.165, 1.54) is 4.31 Å². The van der Waals surface area contributed by atoms with Crippen LogP contribution in [0.4, 0.5) is 5.69 Å². The lowest BCUT2D eigenvalue weighted by atomic mass is 10.2. The van der Waals surface area contributed by atoms with E-state index in [2.05, 4.69) is 19.2 Å². The molecule has 124 valence electrons. The lowest BCUT2D eigenvalue weighted by molar-refractivity contribution is -0.0440. The van der Waals surface area contributed by atoms with E-state index in [1.807, 2.05) is 26.0 Å². The molecule has 0 spiro atoms. The topological polar surface area (TPSA) is 58.6 Å². The highest BCUT2D eigenvalue weighted by Gasteiger charge is 2.32. The summed E-state index contributed by atoms with van der Waals surface area (Å²) in [6.45, 7) is 9.73. The number of hydrogen-bond acceptors (Lipinski definition) is 4. The summed E-state index contributed by atoms with van der Waals surface area (Å²) in [5, 5.41) is 3.29. The first-order valence-corrected chi connectivity index (χ1v) is 9.22. The Labute approximate surface area is 133 Å². The summed E-state index contributed by atoms with van der Waals surface area (Å²) in [6.07, 6.45) is -0.156. The van der Waals surface area contributed by atoms with Gasteiger partial charge in [-0.2, -0.15) is 4.31 Å². The fraction of sp³-hybridized carbons (Fsp3) is 0.625. The minimum atomic E-state index is -3.45. The zero-order chi connectivity index (χ0) is 16.3. The van der Waals surface area contributed by atoms with E-state index in [9.17, 15) is 8.42 Å². The van der Waals surface area contributed by atoms with Crippen LogP contribution in [0, 0.1) is 5.92 Å². The van der Waals surface area contributed by atoms with Gasteiger partial charge in [-0.05, 0) is 44.0 Å². The Morgan fingerprint density at radius 3 is 2.23 bits per heavy atom. The van der Waals surface area contributed by atoms with Crippen LogP contribution >= 0.6 is 0 Å². The molecule has 2 rings (SSSR count). The quantitative estimate of drug-likeness (QED) is 0.903. The molecule has 1 heterocycles. The van der Waals surface area contributed by atoms with E-state index >= 15 is 0 Å². The highest BCUT2D eigenvalue weighted by atomic mass is 32.2. The van der Waals surface area contributed by atoms with Crippen molar-refractivity contribution in [3.63, 3.8) is 0 Å². The van der Waals surface area contributed by atoms with Gasteiger partial charge in [0.25, 0.3) is 0 Å². The smallest absolute Gasteiger partial charge is 0.243 e. The molecule has 1 fully saturated rings. The molecule has 0 aliphatic carbocycles. The highest BCUT2D eigenvalue weighted by molar-refractivity contribution is 7.89. The number of ether oxygens (including phenoxy) is 1. The maximum Gasteiger partial charge on any atom is 0.243 e. The molecule has 1 aliphatic rings. The number of nitrogens with zero attached hydrogens (tertiary/aromatic N) is 1. The van der Waals surface area contributed by atoms with Gasteiger partial charge in [-0.15, -0.1) is 0 Å². The summed E-state index contributed by atoms with van der Waals surface area (Å²) in [7, 11) is -3.45. The van der Waals surface area contributed by atoms with Gasteiger partial charge in [0, 0.05) is 25.3 Å². The van der Waals surface area contributed by atoms with Crippen molar-refractivity contribution < 1.29 is 13.2 Å². The van der Waals surface area contributed by atoms with Crippen molar-refractivity contribution in [1.29, 1.82) is 0 Å². The van der Waals surface area contributed by atoms with Gasteiger partial charge < -0.3 is 10.1 Å². The Kier molecular flexibility index (Phi) is 5.47. The molecule has 5 nitrogen and oxygen atoms in total. The molecular weight excluding hydrogens is 300 g/mol. The van der Waals surface area contributed by atoms with Crippen LogP contribution < -0.4 is 5.32 Å². The summed E-state index contributed by atoms with van der Waals surface area (Å²) in [5.74, 6) is 0.541. The van der Waals surface area contributed by atoms with Crippen molar-refractivity contribution in [2.24, 2.45) is 5.92 Å². The van der Waals surface area contributed by atoms with E-state index in [-0.39, 0.29) is 12.2 Å². The molecule has 1 aliphatic heterocycles. The number of nitrogens with one attached hydrogen (secondary N) is 1. The fourth-order valence-electron chi connectivity index (χ4n) is 2.54. The Balaban J connectivity index is 2.12. The Morgan fingerprint density at radius 2 is 1.73 bits per heavy atom. The first-order chi connectivity index (χ1) is 10.3. The summed E-state index contributed by atoms with van der Waals surface area (Å²) in [5.41, 5.74) is 0.941. The van der Waals surface area contributed by atoms with Crippen LogP contribution in [0.15, 0.2) is 29.2 Å². The number of rotatable bonds is 5. The molecular formula is C16H26N2O3S. The molecule has 2 atom stereocenters. The minimum Gasteiger partial charge on any atom is -0.385 e. The average molecular weight is 326 g/mol. The van der Waals surface area contributed by atoms with E-state index in [0.29, 0.717) is 23.9 Å². The van der Waals surface area contributed by atoms with E-state index < -0.39 is 10.0 Å². The van der Waals surface area contributed by atoms with Gasteiger partial charge in [0.2, 0.25) is 10.0 Å². The first-order valence-electron chi connectivity index (χ1n) is 7.78. The van der Waals surface area contributed by atoms with Crippen molar-refractivity contribution in [1.82, 2.24) is 4.31 Å². The molecule has 6 heteroatoms. The SMILES string of the molecule is CC(C)CNc1ccc(S(=O)(=O)N2CC(C)OC(C)C2)cc1. The van der Waals surface area contributed by atoms with Crippen molar-refractivity contribution in [2.75, 3.05) is 25.0 Å². The van der Waals surface area contributed by atoms with Gasteiger partial charge in [-0.1, -0.05) is 13.8 Å². The van der Waals surface area contributed by atoms with Gasteiger partial charge in [0.05, 0.1) is 17.1 Å². The molecule has 0 saturated carbocycles. The number of anilines is 1. The zero-order valence-electron chi connectivity index (χ0n) is 13.7. The summed E-state index contributed by atoms with van der Waals surface area (Å²) < 4.78 is 32.5. The van der Waals surface area contributed by atoms with Crippen molar-refractivity contribution in [3.05, 3.63) is 24.3 Å². The first kappa shape index (κ1) is 17.2. The van der Waals surface area contributed by atoms with Crippen LogP contribution in [0.25, 0.3) is 0 Å². The third-order valence-electron chi connectivity index (χ3n) is 3.59. The summed E-state index contributed by atoms with van der Waals surface area (Å²) in [4.78, 5) is 0.337. The normalized spacial score (nSPS) is 23.7. The predicted octanol–water partition coefficient (Wildman–Crippen LogP) is 2.55.